The molecule has 0 aliphatic carbocycles. The van der Waals surface area contributed by atoms with Crippen LogP contribution in [0.2, 0.25) is 0 Å². The highest BCUT2D eigenvalue weighted by atomic mass is 14.9. The Morgan fingerprint density at radius 1 is 1.78 bits per heavy atom. The summed E-state index contributed by atoms with van der Waals surface area (Å²) in [5, 5.41) is 3.29. The van der Waals surface area contributed by atoms with E-state index in [1.54, 1.807) is 0 Å². The summed E-state index contributed by atoms with van der Waals surface area (Å²) < 4.78 is 0. The summed E-state index contributed by atoms with van der Waals surface area (Å²) in [7, 11) is 0. The molecule has 1 fully saturated rings. The van der Waals surface area contributed by atoms with Gasteiger partial charge >= 0.3 is 0 Å². The molecule has 1 heterocycles. The van der Waals surface area contributed by atoms with Gasteiger partial charge in [-0.15, -0.1) is 0 Å². The zero-order valence-corrected chi connectivity index (χ0v) is 5.98. The second kappa shape index (κ2) is 3.18. The molecule has 1 rings (SSSR count). The van der Waals surface area contributed by atoms with E-state index in [1.165, 1.54) is 6.42 Å². The molecular weight excluding hydrogens is 112 g/mol. The van der Waals surface area contributed by atoms with Crippen LogP contribution >= 0.6 is 0 Å². The third-order valence-electron chi connectivity index (χ3n) is 1.85. The van der Waals surface area contributed by atoms with Gasteiger partial charge in [0.05, 0.1) is 0 Å². The van der Waals surface area contributed by atoms with Crippen LogP contribution in [0.3, 0.4) is 0 Å². The summed E-state index contributed by atoms with van der Waals surface area (Å²) in [5.74, 6) is 0.789. The Bertz CT molecular complexity index is 75.0. The second-order valence-corrected chi connectivity index (χ2v) is 3.00. The molecule has 1 radical (unpaired) electrons. The lowest BCUT2D eigenvalue weighted by Gasteiger charge is -2.08. The highest BCUT2D eigenvalue weighted by molar-refractivity contribution is 4.73. The van der Waals surface area contributed by atoms with Crippen molar-refractivity contribution < 1.29 is 0 Å². The molecule has 2 unspecified atom stereocenters. The fourth-order valence-corrected chi connectivity index (χ4v) is 1.42. The minimum absolute atomic E-state index is 0.134. The van der Waals surface area contributed by atoms with Gasteiger partial charge in [0.2, 0.25) is 0 Å². The quantitative estimate of drug-likeness (QED) is 0.581. The Morgan fingerprint density at radius 2 is 2.56 bits per heavy atom. The van der Waals surface area contributed by atoms with E-state index in [1.807, 2.05) is 6.92 Å². The molecule has 2 N–H and O–H groups in total. The van der Waals surface area contributed by atoms with Crippen LogP contribution in [0.1, 0.15) is 19.8 Å². The molecule has 1 aliphatic rings. The minimum atomic E-state index is 0.134. The van der Waals surface area contributed by atoms with E-state index in [4.69, 9.17) is 5.73 Å². The topological polar surface area (TPSA) is 35.8 Å². The maximum atomic E-state index is 7.31. The molecule has 53 valence electrons. The fraction of sp³-hybridized carbons (Fsp3) is 1.00. The van der Waals surface area contributed by atoms with Crippen molar-refractivity contribution in [3.8, 4) is 0 Å². The molecular formula is C7H15N2. The summed E-state index contributed by atoms with van der Waals surface area (Å²) in [6.45, 7) is 4.28. The van der Waals surface area contributed by atoms with Crippen LogP contribution in [0.15, 0.2) is 0 Å². The highest BCUT2D eigenvalue weighted by Gasteiger charge is 2.15. The molecule has 0 amide bonds. The Kier molecular flexibility index (Phi) is 2.49. The highest BCUT2D eigenvalue weighted by Crippen LogP contribution is 2.13. The molecule has 0 aromatic rings. The van der Waals surface area contributed by atoms with Crippen LogP contribution in [-0.4, -0.2) is 19.1 Å². The van der Waals surface area contributed by atoms with E-state index in [-0.39, 0.29) is 6.04 Å². The average Bonchev–Trinajstić information content (AvgIpc) is 2.15. The van der Waals surface area contributed by atoms with Crippen LogP contribution in [0.5, 0.6) is 0 Å². The van der Waals surface area contributed by atoms with Crippen molar-refractivity contribution in [1.29, 1.82) is 0 Å². The van der Waals surface area contributed by atoms with Gasteiger partial charge in [-0.05, 0) is 38.8 Å². The normalized spacial score (nSPS) is 30.7. The van der Waals surface area contributed by atoms with Gasteiger partial charge in [0.25, 0.3) is 0 Å². The average molecular weight is 127 g/mol. The van der Waals surface area contributed by atoms with Crippen molar-refractivity contribution in [2.45, 2.75) is 25.8 Å². The minimum Gasteiger partial charge on any atom is -0.316 e. The van der Waals surface area contributed by atoms with E-state index in [2.05, 4.69) is 5.32 Å². The molecule has 2 heteroatoms. The Labute approximate surface area is 56.8 Å². The van der Waals surface area contributed by atoms with Gasteiger partial charge in [0.1, 0.15) is 0 Å². The first kappa shape index (κ1) is 7.03. The van der Waals surface area contributed by atoms with E-state index in [9.17, 15) is 0 Å². The molecule has 2 nitrogen and oxygen atoms in total. The van der Waals surface area contributed by atoms with Crippen LogP contribution in [0.4, 0.5) is 0 Å². The van der Waals surface area contributed by atoms with Crippen molar-refractivity contribution in [2.24, 2.45) is 5.92 Å². The molecule has 9 heavy (non-hydrogen) atoms. The lowest BCUT2D eigenvalue weighted by Crippen LogP contribution is -2.14. The Balaban J connectivity index is 2.11. The number of hydrogen-bond acceptors (Lipinski definition) is 1. The van der Waals surface area contributed by atoms with Crippen molar-refractivity contribution >= 4 is 0 Å². The van der Waals surface area contributed by atoms with Gasteiger partial charge in [0.15, 0.2) is 0 Å². The second-order valence-electron chi connectivity index (χ2n) is 3.00. The Morgan fingerprint density at radius 3 is 3.00 bits per heavy atom. The zero-order valence-electron chi connectivity index (χ0n) is 5.98. The zero-order chi connectivity index (χ0) is 6.69. The van der Waals surface area contributed by atoms with Gasteiger partial charge in [-0.1, -0.05) is 0 Å². The predicted molar refractivity (Wildman–Crippen MR) is 38.2 cm³/mol. The maximum absolute atomic E-state index is 7.31. The third kappa shape index (κ3) is 2.33. The third-order valence-corrected chi connectivity index (χ3v) is 1.85. The molecule has 0 bridgehead atoms. The SMILES string of the molecule is CC([NH])CC1CCNC1. The fourth-order valence-electron chi connectivity index (χ4n) is 1.42. The summed E-state index contributed by atoms with van der Waals surface area (Å²) in [6, 6.07) is 0.134. The molecule has 0 saturated carbocycles. The van der Waals surface area contributed by atoms with Crippen molar-refractivity contribution in [1.82, 2.24) is 11.1 Å². The van der Waals surface area contributed by atoms with E-state index >= 15 is 0 Å². The smallest absolute Gasteiger partial charge is 0.0187 e. The molecule has 1 saturated heterocycles. The van der Waals surface area contributed by atoms with Crippen molar-refractivity contribution in [3.05, 3.63) is 0 Å². The lowest BCUT2D eigenvalue weighted by molar-refractivity contribution is 0.474. The van der Waals surface area contributed by atoms with Crippen LogP contribution in [-0.2, 0) is 0 Å². The number of rotatable bonds is 2. The summed E-state index contributed by atoms with van der Waals surface area (Å²) in [4.78, 5) is 0. The summed E-state index contributed by atoms with van der Waals surface area (Å²) in [5.41, 5.74) is 7.31. The van der Waals surface area contributed by atoms with Crippen molar-refractivity contribution in [3.63, 3.8) is 0 Å². The van der Waals surface area contributed by atoms with Gasteiger partial charge in [-0.2, -0.15) is 0 Å². The monoisotopic (exact) mass is 127 g/mol. The van der Waals surface area contributed by atoms with Gasteiger partial charge < -0.3 is 5.32 Å². The number of nitrogens with one attached hydrogen (secondary N) is 2. The molecule has 0 spiro atoms. The first-order valence-electron chi connectivity index (χ1n) is 3.71. The van der Waals surface area contributed by atoms with E-state index < -0.39 is 0 Å². The first-order valence-corrected chi connectivity index (χ1v) is 3.71. The molecule has 0 aromatic carbocycles. The van der Waals surface area contributed by atoms with Crippen LogP contribution < -0.4 is 11.1 Å². The standard InChI is InChI=1S/C7H15N2/c1-6(8)4-7-2-3-9-5-7/h6-9H,2-5H2,1H3. The van der Waals surface area contributed by atoms with Gasteiger partial charge in [0, 0.05) is 6.04 Å². The van der Waals surface area contributed by atoms with Gasteiger partial charge in [-0.3, -0.25) is 5.73 Å². The van der Waals surface area contributed by atoms with Crippen LogP contribution in [0.25, 0.3) is 0 Å². The first-order chi connectivity index (χ1) is 4.29. The van der Waals surface area contributed by atoms with Crippen molar-refractivity contribution in [2.75, 3.05) is 13.1 Å². The lowest BCUT2D eigenvalue weighted by atomic mass is 10.0. The molecule has 1 aliphatic heterocycles. The molecule has 2 atom stereocenters. The number of hydrogen-bond donors (Lipinski definition) is 1. The van der Waals surface area contributed by atoms with Crippen LogP contribution in [0, 0.1) is 5.92 Å². The largest absolute Gasteiger partial charge is 0.316 e. The summed E-state index contributed by atoms with van der Waals surface area (Å²) in [6.07, 6.45) is 2.36. The molecule has 0 aromatic heterocycles. The van der Waals surface area contributed by atoms with E-state index in [0.717, 1.165) is 25.4 Å². The van der Waals surface area contributed by atoms with E-state index in [0.29, 0.717) is 0 Å². The maximum Gasteiger partial charge on any atom is 0.0187 e. The predicted octanol–water partition coefficient (Wildman–Crippen LogP) is 0.657. The summed E-state index contributed by atoms with van der Waals surface area (Å²) >= 11 is 0. The Hall–Kier alpha value is -0.0800. The van der Waals surface area contributed by atoms with Gasteiger partial charge in [-0.25, -0.2) is 0 Å².